The minimum atomic E-state index is -4.28. The number of rotatable bonds is 9. The van der Waals surface area contributed by atoms with Crippen LogP contribution in [0.4, 0.5) is 0 Å². The molecule has 0 aliphatic carbocycles. The SMILES string of the molecule is CCOC(=O)CC(C1(C2(C(=O)NO)CCOCC2)C=CC=N1)S(=O)(=O)c1ccc(-c2ccc(Cl)cc2)cc1. The van der Waals surface area contributed by atoms with Crippen molar-refractivity contribution < 1.29 is 32.7 Å². The van der Waals surface area contributed by atoms with Crippen LogP contribution in [0.5, 0.6) is 0 Å². The fourth-order valence-electron chi connectivity index (χ4n) is 5.33. The molecule has 1 saturated heterocycles. The lowest BCUT2D eigenvalue weighted by Crippen LogP contribution is -2.63. The highest BCUT2D eigenvalue weighted by molar-refractivity contribution is 7.92. The molecule has 0 bridgehead atoms. The number of carbonyl (C=O) groups excluding carboxylic acids is 2. The van der Waals surface area contributed by atoms with Gasteiger partial charge in [-0.1, -0.05) is 41.9 Å². The van der Waals surface area contributed by atoms with Crippen LogP contribution < -0.4 is 5.48 Å². The molecule has 0 saturated carbocycles. The van der Waals surface area contributed by atoms with E-state index < -0.39 is 44.3 Å². The predicted molar refractivity (Wildman–Crippen MR) is 142 cm³/mol. The highest BCUT2D eigenvalue weighted by Gasteiger charge is 2.63. The Hall–Kier alpha value is -3.05. The maximum Gasteiger partial charge on any atom is 0.307 e. The molecule has 202 valence electrons. The molecule has 38 heavy (non-hydrogen) atoms. The van der Waals surface area contributed by atoms with Gasteiger partial charge in [0, 0.05) is 24.5 Å². The standard InChI is InChI=1S/C27H29ClN2O7S/c1-2-37-24(31)18-23(27(12-3-15-29-27)26(25(32)30-33)13-16-36-17-14-26)38(34,35)22-10-6-20(7-11-22)19-4-8-21(28)9-5-19/h3-12,15,23,33H,2,13-14,16-18H2,1H3,(H,30,32). The number of nitrogens with one attached hydrogen (secondary N) is 1. The van der Waals surface area contributed by atoms with Crippen molar-refractivity contribution >= 4 is 39.5 Å². The summed E-state index contributed by atoms with van der Waals surface area (Å²) in [6.07, 6.45) is 4.14. The Balaban J connectivity index is 1.84. The van der Waals surface area contributed by atoms with Crippen molar-refractivity contribution in [1.82, 2.24) is 5.48 Å². The molecule has 2 aromatic rings. The van der Waals surface area contributed by atoms with E-state index in [0.717, 1.165) is 11.1 Å². The lowest BCUT2D eigenvalue weighted by atomic mass is 9.62. The maximum atomic E-state index is 14.3. The topological polar surface area (TPSA) is 131 Å². The summed E-state index contributed by atoms with van der Waals surface area (Å²) >= 11 is 5.98. The molecule has 9 nitrogen and oxygen atoms in total. The Morgan fingerprint density at radius 1 is 1.11 bits per heavy atom. The third kappa shape index (κ3) is 5.01. The van der Waals surface area contributed by atoms with Crippen LogP contribution in [0.25, 0.3) is 11.1 Å². The molecule has 2 aliphatic heterocycles. The summed E-state index contributed by atoms with van der Waals surface area (Å²) in [6.45, 7) is 1.99. The van der Waals surface area contributed by atoms with Gasteiger partial charge < -0.3 is 9.47 Å². The van der Waals surface area contributed by atoms with E-state index in [2.05, 4.69) is 4.99 Å². The van der Waals surface area contributed by atoms with Crippen molar-refractivity contribution in [3.8, 4) is 11.1 Å². The Bertz CT molecular complexity index is 1320. The summed E-state index contributed by atoms with van der Waals surface area (Å²) in [7, 11) is -4.28. The van der Waals surface area contributed by atoms with Gasteiger partial charge in [0.05, 0.1) is 23.3 Å². The molecule has 2 aromatic carbocycles. The molecular formula is C27H29ClN2O7S. The molecular weight excluding hydrogens is 532 g/mol. The van der Waals surface area contributed by atoms with Gasteiger partial charge in [-0.25, -0.2) is 13.9 Å². The van der Waals surface area contributed by atoms with Crippen LogP contribution in [0.15, 0.2) is 70.6 Å². The molecule has 11 heteroatoms. The van der Waals surface area contributed by atoms with Crippen LogP contribution in [0.2, 0.25) is 5.02 Å². The highest BCUT2D eigenvalue weighted by atomic mass is 35.5. The number of hydrogen-bond acceptors (Lipinski definition) is 8. The van der Waals surface area contributed by atoms with Gasteiger partial charge in [-0.15, -0.1) is 0 Å². The van der Waals surface area contributed by atoms with Gasteiger partial charge in [-0.05, 0) is 61.2 Å². The molecule has 2 aliphatic rings. The second-order valence-corrected chi connectivity index (χ2v) is 11.7. The third-order valence-electron chi connectivity index (χ3n) is 7.26. The molecule has 0 radical (unpaired) electrons. The minimum absolute atomic E-state index is 0.0361. The summed E-state index contributed by atoms with van der Waals surface area (Å²) in [5, 5.41) is 8.77. The van der Waals surface area contributed by atoms with Crippen molar-refractivity contribution in [2.75, 3.05) is 19.8 Å². The fraction of sp³-hybridized carbons (Fsp3) is 0.370. The van der Waals surface area contributed by atoms with E-state index in [1.807, 2.05) is 12.1 Å². The van der Waals surface area contributed by atoms with Crippen LogP contribution in [0.1, 0.15) is 26.2 Å². The quantitative estimate of drug-likeness (QED) is 0.271. The number of benzene rings is 2. The number of esters is 1. The normalized spacial score (nSPS) is 21.1. The van der Waals surface area contributed by atoms with Crippen molar-refractivity contribution in [1.29, 1.82) is 0 Å². The molecule has 2 unspecified atom stereocenters. The van der Waals surface area contributed by atoms with Gasteiger partial charge in [0.2, 0.25) is 0 Å². The lowest BCUT2D eigenvalue weighted by molar-refractivity contribution is -0.152. The molecule has 2 N–H and O–H groups in total. The van der Waals surface area contributed by atoms with Gasteiger partial charge in [-0.2, -0.15) is 0 Å². The molecule has 0 aromatic heterocycles. The van der Waals surface area contributed by atoms with E-state index in [1.165, 1.54) is 24.4 Å². The van der Waals surface area contributed by atoms with Gasteiger partial charge >= 0.3 is 5.97 Å². The molecule has 1 fully saturated rings. The van der Waals surface area contributed by atoms with Gasteiger partial charge in [0.1, 0.15) is 10.8 Å². The lowest BCUT2D eigenvalue weighted by Gasteiger charge is -2.49. The summed E-state index contributed by atoms with van der Waals surface area (Å²) in [5.41, 5.74) is 0.153. The monoisotopic (exact) mass is 560 g/mol. The third-order valence-corrected chi connectivity index (χ3v) is 9.71. The van der Waals surface area contributed by atoms with E-state index in [9.17, 15) is 23.2 Å². The smallest absolute Gasteiger partial charge is 0.307 e. The fourth-order valence-corrected chi connectivity index (χ4v) is 7.50. The largest absolute Gasteiger partial charge is 0.466 e. The first-order valence-electron chi connectivity index (χ1n) is 12.2. The summed E-state index contributed by atoms with van der Waals surface area (Å²) < 4.78 is 39.2. The summed E-state index contributed by atoms with van der Waals surface area (Å²) in [5.74, 6) is -1.52. The number of hydroxylamine groups is 1. The highest BCUT2D eigenvalue weighted by Crippen LogP contribution is 2.51. The number of nitrogens with zero attached hydrogens (tertiary/aromatic N) is 1. The number of sulfone groups is 1. The van der Waals surface area contributed by atoms with Crippen molar-refractivity contribution in [2.24, 2.45) is 10.4 Å². The number of aliphatic imine (C=N–C) groups is 1. The number of hydrogen-bond donors (Lipinski definition) is 2. The number of amides is 1. The molecule has 0 spiro atoms. The zero-order chi connectivity index (χ0) is 27.4. The van der Waals surface area contributed by atoms with Crippen LogP contribution in [-0.2, 0) is 28.9 Å². The van der Waals surface area contributed by atoms with Crippen LogP contribution in [0.3, 0.4) is 0 Å². The number of allylic oxidation sites excluding steroid dienone is 1. The Morgan fingerprint density at radius 2 is 1.71 bits per heavy atom. The average Bonchev–Trinajstić information content (AvgIpc) is 3.43. The van der Waals surface area contributed by atoms with Gasteiger partial charge in [0.25, 0.3) is 5.91 Å². The molecule has 4 rings (SSSR count). The first kappa shape index (κ1) is 28.0. The van der Waals surface area contributed by atoms with E-state index >= 15 is 0 Å². The van der Waals surface area contributed by atoms with E-state index in [1.54, 1.807) is 42.7 Å². The van der Waals surface area contributed by atoms with E-state index in [0.29, 0.717) is 5.02 Å². The predicted octanol–water partition coefficient (Wildman–Crippen LogP) is 3.78. The number of carbonyl (C=O) groups is 2. The van der Waals surface area contributed by atoms with Crippen LogP contribution >= 0.6 is 11.6 Å². The van der Waals surface area contributed by atoms with Crippen molar-refractivity contribution in [3.63, 3.8) is 0 Å². The average molecular weight is 561 g/mol. The summed E-state index contributed by atoms with van der Waals surface area (Å²) in [6, 6.07) is 13.4. The van der Waals surface area contributed by atoms with Crippen LogP contribution in [0, 0.1) is 5.41 Å². The molecule has 1 amide bonds. The second kappa shape index (κ2) is 11.4. The van der Waals surface area contributed by atoms with Crippen molar-refractivity contribution in [3.05, 3.63) is 65.7 Å². The Labute approximate surface area is 226 Å². The minimum Gasteiger partial charge on any atom is -0.466 e. The molecule has 2 atom stereocenters. The van der Waals surface area contributed by atoms with E-state index in [4.69, 9.17) is 21.1 Å². The van der Waals surface area contributed by atoms with E-state index in [-0.39, 0.29) is 37.6 Å². The van der Waals surface area contributed by atoms with Crippen molar-refractivity contribution in [2.45, 2.75) is 41.9 Å². The zero-order valence-electron chi connectivity index (χ0n) is 20.8. The van der Waals surface area contributed by atoms with Gasteiger partial charge in [0.15, 0.2) is 9.84 Å². The zero-order valence-corrected chi connectivity index (χ0v) is 22.4. The first-order valence-corrected chi connectivity index (χ1v) is 14.1. The summed E-state index contributed by atoms with van der Waals surface area (Å²) in [4.78, 5) is 30.5. The first-order chi connectivity index (χ1) is 18.2. The molecule has 2 heterocycles. The van der Waals surface area contributed by atoms with Gasteiger partial charge in [-0.3, -0.25) is 19.8 Å². The van der Waals surface area contributed by atoms with Crippen LogP contribution in [-0.4, -0.2) is 62.3 Å². The Kier molecular flexibility index (Phi) is 8.37. The number of ether oxygens (including phenoxy) is 2. The Morgan fingerprint density at radius 3 is 2.24 bits per heavy atom. The maximum absolute atomic E-state index is 14.3. The second-order valence-electron chi connectivity index (χ2n) is 9.17. The number of halogens is 1.